The van der Waals surface area contributed by atoms with Crippen molar-refractivity contribution in [2.24, 2.45) is 0 Å². The van der Waals surface area contributed by atoms with E-state index in [9.17, 15) is 4.39 Å². The molecule has 0 aliphatic rings. The fraction of sp³-hybridized carbons (Fsp3) is 0.0500. The average molecular weight is 352 g/mol. The molecular formula is C20H15ClFN3. The third-order valence-corrected chi connectivity index (χ3v) is 4.57. The van der Waals surface area contributed by atoms with Crippen molar-refractivity contribution >= 4 is 28.2 Å². The van der Waals surface area contributed by atoms with Gasteiger partial charge in [-0.25, -0.2) is 9.07 Å². The third-order valence-electron chi connectivity index (χ3n) is 4.26. The molecule has 4 aromatic rings. The zero-order valence-electron chi connectivity index (χ0n) is 13.5. The summed E-state index contributed by atoms with van der Waals surface area (Å²) >= 11 is 6.31. The predicted molar refractivity (Wildman–Crippen MR) is 101 cm³/mol. The third kappa shape index (κ3) is 2.75. The van der Waals surface area contributed by atoms with Crippen LogP contribution in [0.4, 0.5) is 10.1 Å². The highest BCUT2D eigenvalue weighted by Gasteiger charge is 2.10. The second kappa shape index (κ2) is 5.90. The monoisotopic (exact) mass is 351 g/mol. The number of halogens is 2. The highest BCUT2D eigenvalue weighted by molar-refractivity contribution is 6.33. The number of nitrogens with zero attached hydrogens (tertiary/aromatic N) is 2. The number of nitrogen functional groups attached to an aromatic ring is 1. The van der Waals surface area contributed by atoms with Crippen LogP contribution in [0.1, 0.15) is 5.56 Å². The lowest BCUT2D eigenvalue weighted by molar-refractivity contribution is 0.617. The Bertz CT molecular complexity index is 1100. The van der Waals surface area contributed by atoms with Crippen LogP contribution in [-0.4, -0.2) is 9.78 Å². The molecule has 0 saturated carbocycles. The molecule has 0 fully saturated rings. The molecule has 0 aliphatic carbocycles. The first-order valence-electron chi connectivity index (χ1n) is 7.82. The number of hydrogen-bond donors (Lipinski definition) is 1. The minimum absolute atomic E-state index is 0.222. The Kier molecular flexibility index (Phi) is 3.70. The van der Waals surface area contributed by atoms with E-state index in [-0.39, 0.29) is 5.82 Å². The number of fused-ring (bicyclic) bond motifs is 1. The predicted octanol–water partition coefficient (Wildman–Crippen LogP) is 5.38. The second-order valence-corrected chi connectivity index (χ2v) is 6.41. The number of anilines is 1. The number of aromatic nitrogens is 2. The summed E-state index contributed by atoms with van der Waals surface area (Å²) in [6.45, 7) is 1.74. The van der Waals surface area contributed by atoms with Crippen molar-refractivity contribution in [2.75, 3.05) is 5.73 Å². The summed E-state index contributed by atoms with van der Waals surface area (Å²) < 4.78 is 15.3. The summed E-state index contributed by atoms with van der Waals surface area (Å²) in [5.74, 6) is -0.222. The van der Waals surface area contributed by atoms with Gasteiger partial charge in [0.1, 0.15) is 5.82 Å². The van der Waals surface area contributed by atoms with Crippen molar-refractivity contribution in [1.29, 1.82) is 0 Å². The van der Waals surface area contributed by atoms with Crippen LogP contribution in [0.2, 0.25) is 5.02 Å². The Balaban J connectivity index is 1.82. The molecule has 3 nitrogen and oxygen atoms in total. The van der Waals surface area contributed by atoms with Gasteiger partial charge in [0.05, 0.1) is 22.4 Å². The molecule has 0 saturated heterocycles. The van der Waals surface area contributed by atoms with Crippen LogP contribution in [0, 0.1) is 12.7 Å². The Hall–Kier alpha value is -2.85. The van der Waals surface area contributed by atoms with E-state index in [1.165, 1.54) is 6.07 Å². The summed E-state index contributed by atoms with van der Waals surface area (Å²) in [7, 11) is 0. The SMILES string of the molecule is Cc1cc(-n2ncc3cc(-c4ccc(N)cc4Cl)ccc32)ccc1F. The van der Waals surface area contributed by atoms with Gasteiger partial charge in [0.2, 0.25) is 0 Å². The Labute approximate surface area is 149 Å². The standard InChI is InChI=1S/C20H15ClFN3/c1-12-8-16(4-6-19(12)22)25-20-7-2-13(9-14(20)11-24-25)17-5-3-15(23)10-18(17)21/h2-11H,23H2,1H3. The van der Waals surface area contributed by atoms with E-state index >= 15 is 0 Å². The van der Waals surface area contributed by atoms with Crippen molar-refractivity contribution in [2.45, 2.75) is 6.92 Å². The molecule has 0 atom stereocenters. The van der Waals surface area contributed by atoms with Gasteiger partial charge in [-0.3, -0.25) is 0 Å². The van der Waals surface area contributed by atoms with Gasteiger partial charge in [-0.2, -0.15) is 5.10 Å². The topological polar surface area (TPSA) is 43.8 Å². The molecule has 0 unspecified atom stereocenters. The number of hydrogen-bond acceptors (Lipinski definition) is 2. The van der Waals surface area contributed by atoms with E-state index in [4.69, 9.17) is 17.3 Å². The van der Waals surface area contributed by atoms with Crippen LogP contribution in [0.25, 0.3) is 27.7 Å². The van der Waals surface area contributed by atoms with Crippen molar-refractivity contribution < 1.29 is 4.39 Å². The Morgan fingerprint density at radius 1 is 1.04 bits per heavy atom. The largest absolute Gasteiger partial charge is 0.399 e. The molecule has 0 bridgehead atoms. The van der Waals surface area contributed by atoms with Gasteiger partial charge in [0.25, 0.3) is 0 Å². The summed E-state index contributed by atoms with van der Waals surface area (Å²) in [5.41, 5.74) is 10.7. The van der Waals surface area contributed by atoms with Crippen molar-refractivity contribution in [1.82, 2.24) is 9.78 Å². The van der Waals surface area contributed by atoms with E-state index in [0.29, 0.717) is 16.3 Å². The Morgan fingerprint density at radius 3 is 2.64 bits per heavy atom. The molecule has 5 heteroatoms. The summed E-state index contributed by atoms with van der Waals surface area (Å²) in [6, 6.07) is 16.5. The van der Waals surface area contributed by atoms with Gasteiger partial charge in [-0.1, -0.05) is 23.7 Å². The van der Waals surface area contributed by atoms with Gasteiger partial charge < -0.3 is 5.73 Å². The van der Waals surface area contributed by atoms with Gasteiger partial charge in [-0.05, 0) is 60.5 Å². The molecule has 25 heavy (non-hydrogen) atoms. The van der Waals surface area contributed by atoms with Gasteiger partial charge >= 0.3 is 0 Å². The maximum absolute atomic E-state index is 13.5. The molecule has 0 aliphatic heterocycles. The molecule has 0 amide bonds. The maximum atomic E-state index is 13.5. The van der Waals surface area contributed by atoms with Crippen molar-refractivity contribution in [3.05, 3.63) is 77.2 Å². The molecule has 0 radical (unpaired) electrons. The minimum Gasteiger partial charge on any atom is -0.399 e. The minimum atomic E-state index is -0.222. The fourth-order valence-corrected chi connectivity index (χ4v) is 3.23. The van der Waals surface area contributed by atoms with Crippen LogP contribution in [-0.2, 0) is 0 Å². The fourth-order valence-electron chi connectivity index (χ4n) is 2.93. The van der Waals surface area contributed by atoms with Gasteiger partial charge in [0, 0.05) is 16.6 Å². The lowest BCUT2D eigenvalue weighted by atomic mass is 10.0. The van der Waals surface area contributed by atoms with Crippen LogP contribution >= 0.6 is 11.6 Å². The van der Waals surface area contributed by atoms with Crippen LogP contribution in [0.5, 0.6) is 0 Å². The van der Waals surface area contributed by atoms with Crippen LogP contribution in [0.3, 0.4) is 0 Å². The number of benzene rings is 3. The van der Waals surface area contributed by atoms with Gasteiger partial charge in [0.15, 0.2) is 0 Å². The molecule has 0 spiro atoms. The first-order chi connectivity index (χ1) is 12.0. The number of rotatable bonds is 2. The van der Waals surface area contributed by atoms with Crippen molar-refractivity contribution in [3.8, 4) is 16.8 Å². The molecule has 3 aromatic carbocycles. The normalized spacial score (nSPS) is 11.2. The maximum Gasteiger partial charge on any atom is 0.126 e. The first-order valence-corrected chi connectivity index (χ1v) is 8.20. The second-order valence-electron chi connectivity index (χ2n) is 6.00. The highest BCUT2D eigenvalue weighted by Crippen LogP contribution is 2.32. The smallest absolute Gasteiger partial charge is 0.126 e. The van der Waals surface area contributed by atoms with Gasteiger partial charge in [-0.15, -0.1) is 0 Å². The Morgan fingerprint density at radius 2 is 1.88 bits per heavy atom. The lowest BCUT2D eigenvalue weighted by Crippen LogP contribution is -1.97. The zero-order chi connectivity index (χ0) is 17.6. The lowest BCUT2D eigenvalue weighted by Gasteiger charge is -2.08. The molecule has 124 valence electrons. The van der Waals surface area contributed by atoms with E-state index in [1.807, 2.05) is 30.3 Å². The summed E-state index contributed by atoms with van der Waals surface area (Å²) in [6.07, 6.45) is 1.79. The highest BCUT2D eigenvalue weighted by atomic mass is 35.5. The molecule has 1 aromatic heterocycles. The number of nitrogens with two attached hydrogens (primary N) is 1. The quantitative estimate of drug-likeness (QED) is 0.493. The van der Waals surface area contributed by atoms with Crippen LogP contribution < -0.4 is 5.73 Å². The van der Waals surface area contributed by atoms with E-state index in [1.54, 1.807) is 36.0 Å². The van der Waals surface area contributed by atoms with Crippen molar-refractivity contribution in [3.63, 3.8) is 0 Å². The zero-order valence-corrected chi connectivity index (χ0v) is 14.3. The first kappa shape index (κ1) is 15.7. The average Bonchev–Trinajstić information content (AvgIpc) is 3.00. The summed E-state index contributed by atoms with van der Waals surface area (Å²) in [4.78, 5) is 0. The van der Waals surface area contributed by atoms with E-state index in [2.05, 4.69) is 5.10 Å². The number of aryl methyl sites for hydroxylation is 1. The molecular weight excluding hydrogens is 337 g/mol. The molecule has 4 rings (SSSR count). The molecule has 2 N–H and O–H groups in total. The summed E-state index contributed by atoms with van der Waals surface area (Å²) in [5, 5.41) is 6.04. The van der Waals surface area contributed by atoms with Crippen LogP contribution in [0.15, 0.2) is 60.8 Å². The van der Waals surface area contributed by atoms with E-state index < -0.39 is 0 Å². The molecule has 1 heterocycles. The van der Waals surface area contributed by atoms with E-state index in [0.717, 1.165) is 27.7 Å².